The van der Waals surface area contributed by atoms with Gasteiger partial charge in [0.1, 0.15) is 5.01 Å². The maximum atomic E-state index is 11.7. The summed E-state index contributed by atoms with van der Waals surface area (Å²) in [4.78, 5) is 16.5. The molecule has 0 fully saturated rings. The molecule has 0 unspecified atom stereocenters. The first-order valence-corrected chi connectivity index (χ1v) is 9.52. The average molecular weight is 435 g/mol. The number of thiazole rings is 1. The highest BCUT2D eigenvalue weighted by Gasteiger charge is 2.23. The van der Waals surface area contributed by atoms with Gasteiger partial charge in [0.15, 0.2) is 17.8 Å². The first-order valence-electron chi connectivity index (χ1n) is 8.64. The predicted octanol–water partition coefficient (Wildman–Crippen LogP) is 4.46. The highest BCUT2D eigenvalue weighted by Crippen LogP contribution is 2.46. The minimum Gasteiger partial charge on any atom is -0.493 e. The Kier molecular flexibility index (Phi) is 8.01. The number of aromatic nitrogens is 1. The second kappa shape index (κ2) is 10.2. The maximum Gasteiger partial charge on any atom is 0.204 e. The molecule has 0 atom stereocenters. The molecule has 6 nitrogen and oxygen atoms in total. The van der Waals surface area contributed by atoms with Crippen molar-refractivity contribution in [1.82, 2.24) is 10.3 Å². The van der Waals surface area contributed by atoms with Gasteiger partial charge in [-0.1, -0.05) is 24.3 Å². The van der Waals surface area contributed by atoms with Crippen molar-refractivity contribution in [3.05, 3.63) is 46.8 Å². The van der Waals surface area contributed by atoms with Crippen LogP contribution in [0.25, 0.3) is 21.8 Å². The molecule has 0 saturated carbocycles. The monoisotopic (exact) mass is 434 g/mol. The molecule has 0 aliphatic carbocycles. The Labute approximate surface area is 180 Å². The Morgan fingerprint density at radius 3 is 2.31 bits per heavy atom. The molecule has 0 aliphatic rings. The van der Waals surface area contributed by atoms with Gasteiger partial charge in [-0.15, -0.1) is 23.7 Å². The lowest BCUT2D eigenvalue weighted by Gasteiger charge is -2.16. The van der Waals surface area contributed by atoms with E-state index in [4.69, 9.17) is 19.2 Å². The number of benzene rings is 2. The molecule has 0 saturated heterocycles. The number of methoxy groups -OCH3 is 3. The molecule has 29 heavy (non-hydrogen) atoms. The predicted molar refractivity (Wildman–Crippen MR) is 118 cm³/mol. The van der Waals surface area contributed by atoms with E-state index in [1.165, 1.54) is 38.2 Å². The van der Waals surface area contributed by atoms with Crippen LogP contribution in [-0.4, -0.2) is 39.6 Å². The number of halogens is 1. The van der Waals surface area contributed by atoms with Gasteiger partial charge in [-0.3, -0.25) is 4.79 Å². The Morgan fingerprint density at radius 1 is 1.07 bits per heavy atom. The highest BCUT2D eigenvalue weighted by molar-refractivity contribution is 7.13. The lowest BCUT2D eigenvalue weighted by atomic mass is 10.0. The quantitative estimate of drug-likeness (QED) is 0.528. The van der Waals surface area contributed by atoms with Gasteiger partial charge in [0, 0.05) is 23.1 Å². The maximum absolute atomic E-state index is 11.7. The van der Waals surface area contributed by atoms with Crippen LogP contribution in [0, 0.1) is 0 Å². The number of carbonyl (C=O) groups excluding carboxylic acids is 1. The number of ether oxygens (including phenoxy) is 3. The van der Waals surface area contributed by atoms with Crippen molar-refractivity contribution in [2.45, 2.75) is 6.54 Å². The van der Waals surface area contributed by atoms with Crippen LogP contribution in [0.15, 0.2) is 35.7 Å². The van der Waals surface area contributed by atoms with Crippen molar-refractivity contribution in [3.8, 4) is 39.1 Å². The second-order valence-electron chi connectivity index (χ2n) is 5.99. The van der Waals surface area contributed by atoms with E-state index in [9.17, 15) is 4.79 Å². The van der Waals surface area contributed by atoms with Crippen LogP contribution < -0.4 is 19.5 Å². The summed E-state index contributed by atoms with van der Waals surface area (Å²) in [6, 6.07) is 9.86. The molecule has 1 aromatic heterocycles. The van der Waals surface area contributed by atoms with Crippen LogP contribution >= 0.6 is 23.7 Å². The summed E-state index contributed by atoms with van der Waals surface area (Å²) in [5.41, 5.74) is 3.88. The van der Waals surface area contributed by atoms with Crippen LogP contribution in [0.5, 0.6) is 17.2 Å². The molecule has 0 bridgehead atoms. The summed E-state index contributed by atoms with van der Waals surface area (Å²) in [6.45, 7) is 0.814. The summed E-state index contributed by atoms with van der Waals surface area (Å²) in [5, 5.41) is 5.90. The second-order valence-corrected chi connectivity index (χ2v) is 6.85. The fourth-order valence-electron chi connectivity index (χ4n) is 3.02. The van der Waals surface area contributed by atoms with E-state index in [-0.39, 0.29) is 12.4 Å². The fourth-order valence-corrected chi connectivity index (χ4v) is 3.84. The van der Waals surface area contributed by atoms with Crippen molar-refractivity contribution in [1.29, 1.82) is 0 Å². The zero-order valence-electron chi connectivity index (χ0n) is 16.6. The number of hydrogen-bond donors (Lipinski definition) is 1. The molecule has 1 N–H and O–H groups in total. The molecule has 0 aliphatic heterocycles. The normalized spacial score (nSPS) is 10.2. The van der Waals surface area contributed by atoms with Crippen molar-refractivity contribution >= 4 is 30.0 Å². The van der Waals surface area contributed by atoms with Crippen LogP contribution in [0.3, 0.4) is 0 Å². The molecule has 0 amide bonds. The minimum atomic E-state index is 0. The summed E-state index contributed by atoms with van der Waals surface area (Å²) in [5.74, 6) is 1.28. The topological polar surface area (TPSA) is 69.7 Å². The third-order valence-corrected chi connectivity index (χ3v) is 5.22. The molecule has 0 radical (unpaired) electrons. The molecule has 1 heterocycles. The van der Waals surface area contributed by atoms with Gasteiger partial charge < -0.3 is 19.5 Å². The van der Waals surface area contributed by atoms with E-state index < -0.39 is 0 Å². The third kappa shape index (κ3) is 4.53. The van der Waals surface area contributed by atoms with Gasteiger partial charge in [-0.2, -0.15) is 0 Å². The van der Waals surface area contributed by atoms with Crippen molar-refractivity contribution < 1.29 is 19.0 Å². The van der Waals surface area contributed by atoms with Gasteiger partial charge >= 0.3 is 0 Å². The number of rotatable bonds is 8. The lowest BCUT2D eigenvalue weighted by Crippen LogP contribution is -2.04. The van der Waals surface area contributed by atoms with E-state index in [1.54, 1.807) is 6.07 Å². The van der Waals surface area contributed by atoms with Crippen molar-refractivity contribution in [3.63, 3.8) is 0 Å². The minimum absolute atomic E-state index is 0. The van der Waals surface area contributed by atoms with Crippen LogP contribution in [0.2, 0.25) is 0 Å². The average Bonchev–Trinajstić information content (AvgIpc) is 3.22. The number of hydrogen-bond acceptors (Lipinski definition) is 7. The molecular formula is C21H23ClN2O4S. The lowest BCUT2D eigenvalue weighted by molar-refractivity contribution is 0.112. The zero-order valence-corrected chi connectivity index (χ0v) is 18.3. The molecule has 3 rings (SSSR count). The first kappa shape index (κ1) is 22.7. The van der Waals surface area contributed by atoms with E-state index in [0.29, 0.717) is 34.1 Å². The molecular weight excluding hydrogens is 412 g/mol. The van der Waals surface area contributed by atoms with E-state index >= 15 is 0 Å². The summed E-state index contributed by atoms with van der Waals surface area (Å²) in [7, 11) is 6.50. The van der Waals surface area contributed by atoms with Crippen LogP contribution in [-0.2, 0) is 6.54 Å². The van der Waals surface area contributed by atoms with Crippen molar-refractivity contribution in [2.75, 3.05) is 28.4 Å². The fraction of sp³-hybridized carbons (Fsp3) is 0.238. The molecule has 3 aromatic rings. The Balaban J connectivity index is 0.00000300. The molecule has 2 aromatic carbocycles. The molecule has 8 heteroatoms. The van der Waals surface area contributed by atoms with E-state index in [1.807, 2.05) is 24.6 Å². The number of nitrogens with zero attached hydrogens (tertiary/aromatic N) is 1. The number of aldehydes is 1. The standard InChI is InChI=1S/C21H22N2O4S.ClH/c1-22-10-13-5-7-14(8-6-13)21-23-16(12-28-21)18-15(11-24)9-17(25-2)19(26-3)20(18)27-4;/h5-9,11-12,22H,10H2,1-4H3;1H. The van der Waals surface area contributed by atoms with Gasteiger partial charge in [0.25, 0.3) is 0 Å². The SMILES string of the molecule is CNCc1ccc(-c2nc(-c3c(C=O)cc(OC)c(OC)c3OC)cs2)cc1.Cl. The largest absolute Gasteiger partial charge is 0.493 e. The number of carbonyl (C=O) groups is 1. The summed E-state index contributed by atoms with van der Waals surface area (Å²) in [6.07, 6.45) is 0.769. The van der Waals surface area contributed by atoms with Gasteiger partial charge in [0.05, 0.1) is 32.6 Å². The Hall–Kier alpha value is -2.61. The van der Waals surface area contributed by atoms with Gasteiger partial charge in [-0.25, -0.2) is 4.98 Å². The van der Waals surface area contributed by atoms with Gasteiger partial charge in [-0.05, 0) is 18.7 Å². The van der Waals surface area contributed by atoms with Crippen LogP contribution in [0.1, 0.15) is 15.9 Å². The third-order valence-electron chi connectivity index (χ3n) is 4.33. The molecule has 154 valence electrons. The summed E-state index contributed by atoms with van der Waals surface area (Å²) >= 11 is 1.51. The smallest absolute Gasteiger partial charge is 0.204 e. The Bertz CT molecular complexity index is 974. The van der Waals surface area contributed by atoms with Gasteiger partial charge in [0.2, 0.25) is 5.75 Å². The first-order chi connectivity index (χ1) is 13.7. The molecule has 0 spiro atoms. The van der Waals surface area contributed by atoms with Crippen molar-refractivity contribution in [2.24, 2.45) is 0 Å². The Morgan fingerprint density at radius 2 is 1.76 bits per heavy atom. The zero-order chi connectivity index (χ0) is 20.1. The van der Waals surface area contributed by atoms with E-state index in [2.05, 4.69) is 17.4 Å². The van der Waals surface area contributed by atoms with E-state index in [0.717, 1.165) is 23.4 Å². The van der Waals surface area contributed by atoms with Crippen LogP contribution in [0.4, 0.5) is 0 Å². The summed E-state index contributed by atoms with van der Waals surface area (Å²) < 4.78 is 16.3. The highest BCUT2D eigenvalue weighted by atomic mass is 35.5. The number of nitrogens with one attached hydrogen (secondary N) is 1.